The second-order valence-corrected chi connectivity index (χ2v) is 7.98. The molecule has 6 heteroatoms. The van der Waals surface area contributed by atoms with Gasteiger partial charge in [0.05, 0.1) is 5.92 Å². The number of likely N-dealkylation sites (N-methyl/N-ethyl adjacent to an activating group) is 1. The van der Waals surface area contributed by atoms with E-state index in [1.54, 1.807) is 13.0 Å². The summed E-state index contributed by atoms with van der Waals surface area (Å²) in [6.07, 6.45) is 2.65. The molecule has 0 radical (unpaired) electrons. The van der Waals surface area contributed by atoms with Gasteiger partial charge in [0.25, 0.3) is 5.91 Å². The summed E-state index contributed by atoms with van der Waals surface area (Å²) < 4.78 is 5.03. The number of nitrogens with zero attached hydrogens (tertiary/aromatic N) is 3. The lowest BCUT2D eigenvalue weighted by molar-refractivity contribution is -0.139. The Kier molecular flexibility index (Phi) is 4.50. The Morgan fingerprint density at radius 3 is 2.56 bits per heavy atom. The van der Waals surface area contributed by atoms with Gasteiger partial charge in [0.2, 0.25) is 5.91 Å². The van der Waals surface area contributed by atoms with E-state index in [0.717, 1.165) is 31.4 Å². The molecule has 1 aromatic carbocycles. The fraction of sp³-hybridized carbons (Fsp3) is 0.476. The number of likely N-dealkylation sites (tertiary alicyclic amines) is 2. The van der Waals surface area contributed by atoms with Gasteiger partial charge >= 0.3 is 0 Å². The molecule has 1 aromatic heterocycles. The van der Waals surface area contributed by atoms with E-state index in [1.807, 2.05) is 47.2 Å². The van der Waals surface area contributed by atoms with Crippen LogP contribution < -0.4 is 0 Å². The van der Waals surface area contributed by atoms with Crippen LogP contribution in [-0.4, -0.2) is 53.5 Å². The van der Waals surface area contributed by atoms with E-state index in [-0.39, 0.29) is 23.1 Å². The van der Waals surface area contributed by atoms with E-state index in [0.29, 0.717) is 24.5 Å². The lowest BCUT2D eigenvalue weighted by Gasteiger charge is -2.49. The Morgan fingerprint density at radius 2 is 1.93 bits per heavy atom. The normalized spacial score (nSPS) is 22.3. The first-order valence-corrected chi connectivity index (χ1v) is 9.50. The van der Waals surface area contributed by atoms with Crippen LogP contribution in [0.3, 0.4) is 0 Å². The van der Waals surface area contributed by atoms with Crippen molar-refractivity contribution in [2.75, 3.05) is 26.7 Å². The molecule has 0 saturated carbocycles. The minimum atomic E-state index is -0.0922. The molecule has 1 spiro atoms. The number of amides is 2. The molecule has 6 nitrogen and oxygen atoms in total. The number of hydrogen-bond acceptors (Lipinski definition) is 4. The zero-order valence-electron chi connectivity index (χ0n) is 15.9. The maximum absolute atomic E-state index is 12.8. The molecule has 2 fully saturated rings. The van der Waals surface area contributed by atoms with Crippen molar-refractivity contribution in [3.8, 4) is 0 Å². The number of benzene rings is 1. The number of aromatic nitrogens is 1. The molecule has 2 aliphatic heterocycles. The summed E-state index contributed by atoms with van der Waals surface area (Å²) in [5, 5.41) is 3.85. The minimum absolute atomic E-state index is 0.0680. The molecule has 0 N–H and O–H groups in total. The molecular weight excluding hydrogens is 342 g/mol. The van der Waals surface area contributed by atoms with Gasteiger partial charge in [-0.3, -0.25) is 9.59 Å². The molecule has 142 valence electrons. The van der Waals surface area contributed by atoms with Crippen molar-refractivity contribution in [3.05, 3.63) is 53.4 Å². The molecule has 2 saturated heterocycles. The van der Waals surface area contributed by atoms with Crippen LogP contribution in [0.15, 0.2) is 40.9 Å². The minimum Gasteiger partial charge on any atom is -0.361 e. The van der Waals surface area contributed by atoms with E-state index < -0.39 is 0 Å². The Balaban J connectivity index is 1.48. The highest BCUT2D eigenvalue weighted by atomic mass is 16.5. The second-order valence-electron chi connectivity index (χ2n) is 7.98. The molecule has 3 heterocycles. The van der Waals surface area contributed by atoms with Gasteiger partial charge in [-0.25, -0.2) is 0 Å². The van der Waals surface area contributed by atoms with E-state index in [2.05, 4.69) is 5.16 Å². The average Bonchev–Trinajstić information content (AvgIpc) is 3.12. The lowest BCUT2D eigenvalue weighted by Crippen LogP contribution is -2.53. The van der Waals surface area contributed by atoms with Crippen LogP contribution in [0, 0.1) is 12.3 Å². The summed E-state index contributed by atoms with van der Waals surface area (Å²) >= 11 is 0. The smallest absolute Gasteiger partial charge is 0.276 e. The fourth-order valence-electron chi connectivity index (χ4n) is 4.55. The number of carbonyl (C=O) groups excluding carboxylic acids is 2. The van der Waals surface area contributed by atoms with E-state index in [1.165, 1.54) is 0 Å². The molecule has 2 aromatic rings. The molecule has 1 unspecified atom stereocenters. The van der Waals surface area contributed by atoms with E-state index >= 15 is 0 Å². The quantitative estimate of drug-likeness (QED) is 0.819. The predicted octanol–water partition coefficient (Wildman–Crippen LogP) is 2.85. The monoisotopic (exact) mass is 367 g/mol. The first kappa shape index (κ1) is 17.8. The van der Waals surface area contributed by atoms with Crippen LogP contribution in [-0.2, 0) is 4.79 Å². The van der Waals surface area contributed by atoms with Crippen molar-refractivity contribution in [3.63, 3.8) is 0 Å². The SMILES string of the molecule is Cc1cc(C(=O)N2CCC3(CC2)CC(c2ccccc2)C(=O)N(C)C3)no1. The molecule has 1 atom stereocenters. The van der Waals surface area contributed by atoms with Crippen LogP contribution in [0.25, 0.3) is 0 Å². The molecule has 2 aliphatic rings. The number of rotatable bonds is 2. The van der Waals surface area contributed by atoms with Gasteiger partial charge in [-0.05, 0) is 37.2 Å². The standard InChI is InChI=1S/C21H25N3O3/c1-15-12-18(22-27-15)20(26)24-10-8-21(9-11-24)13-17(19(25)23(2)14-21)16-6-4-3-5-7-16/h3-7,12,17H,8-11,13-14H2,1-2H3. The molecule has 2 amide bonds. The fourth-order valence-corrected chi connectivity index (χ4v) is 4.55. The third-order valence-corrected chi connectivity index (χ3v) is 6.04. The van der Waals surface area contributed by atoms with Gasteiger partial charge in [-0.1, -0.05) is 35.5 Å². The summed E-state index contributed by atoms with van der Waals surface area (Å²) in [5.41, 5.74) is 1.53. The molecule has 0 aliphatic carbocycles. The highest BCUT2D eigenvalue weighted by Crippen LogP contribution is 2.45. The highest BCUT2D eigenvalue weighted by Gasteiger charge is 2.45. The summed E-state index contributed by atoms with van der Waals surface area (Å²) in [7, 11) is 1.90. The highest BCUT2D eigenvalue weighted by molar-refractivity contribution is 5.92. The topological polar surface area (TPSA) is 66.7 Å². The summed E-state index contributed by atoms with van der Waals surface area (Å²) in [6.45, 7) is 3.93. The number of piperidine rings is 2. The van der Waals surface area contributed by atoms with Crippen LogP contribution in [0.2, 0.25) is 0 Å². The van der Waals surface area contributed by atoms with Gasteiger partial charge in [0.15, 0.2) is 5.69 Å². The van der Waals surface area contributed by atoms with Crippen molar-refractivity contribution in [1.29, 1.82) is 0 Å². The lowest BCUT2D eigenvalue weighted by atomic mass is 9.67. The Bertz CT molecular complexity index is 837. The van der Waals surface area contributed by atoms with Crippen molar-refractivity contribution in [2.45, 2.75) is 32.1 Å². The Labute approximate surface area is 159 Å². The Hall–Kier alpha value is -2.63. The van der Waals surface area contributed by atoms with Gasteiger partial charge in [-0.2, -0.15) is 0 Å². The maximum atomic E-state index is 12.8. The summed E-state index contributed by atoms with van der Waals surface area (Å²) in [4.78, 5) is 29.1. The number of hydrogen-bond donors (Lipinski definition) is 0. The van der Waals surface area contributed by atoms with Crippen LogP contribution in [0.4, 0.5) is 0 Å². The third kappa shape index (κ3) is 3.36. The second kappa shape index (κ2) is 6.83. The van der Waals surface area contributed by atoms with Gasteiger partial charge in [0, 0.05) is 32.7 Å². The molecule has 27 heavy (non-hydrogen) atoms. The first-order valence-electron chi connectivity index (χ1n) is 9.50. The number of aryl methyl sites for hydroxylation is 1. The molecule has 4 rings (SSSR count). The third-order valence-electron chi connectivity index (χ3n) is 6.04. The van der Waals surface area contributed by atoms with Crippen LogP contribution in [0.1, 0.15) is 47.0 Å². The van der Waals surface area contributed by atoms with E-state index in [9.17, 15) is 9.59 Å². The average molecular weight is 367 g/mol. The summed E-state index contributed by atoms with van der Waals surface area (Å²) in [6, 6.07) is 11.7. The molecular formula is C21H25N3O3. The first-order chi connectivity index (χ1) is 13.0. The van der Waals surface area contributed by atoms with Gasteiger partial charge in [-0.15, -0.1) is 0 Å². The van der Waals surface area contributed by atoms with Gasteiger partial charge < -0.3 is 14.3 Å². The number of carbonyl (C=O) groups is 2. The Morgan fingerprint density at radius 1 is 1.22 bits per heavy atom. The predicted molar refractivity (Wildman–Crippen MR) is 100 cm³/mol. The van der Waals surface area contributed by atoms with Crippen molar-refractivity contribution in [2.24, 2.45) is 5.41 Å². The van der Waals surface area contributed by atoms with Crippen molar-refractivity contribution < 1.29 is 14.1 Å². The van der Waals surface area contributed by atoms with Crippen LogP contribution in [0.5, 0.6) is 0 Å². The van der Waals surface area contributed by atoms with Gasteiger partial charge in [0.1, 0.15) is 5.76 Å². The van der Waals surface area contributed by atoms with Crippen molar-refractivity contribution in [1.82, 2.24) is 15.0 Å². The largest absolute Gasteiger partial charge is 0.361 e. The zero-order valence-corrected chi connectivity index (χ0v) is 15.9. The summed E-state index contributed by atoms with van der Waals surface area (Å²) in [5.74, 6) is 0.681. The maximum Gasteiger partial charge on any atom is 0.276 e. The van der Waals surface area contributed by atoms with E-state index in [4.69, 9.17) is 4.52 Å². The zero-order chi connectivity index (χ0) is 19.0. The van der Waals surface area contributed by atoms with Crippen molar-refractivity contribution >= 4 is 11.8 Å². The van der Waals surface area contributed by atoms with Crippen LogP contribution >= 0.6 is 0 Å². The molecule has 0 bridgehead atoms.